The normalized spacial score (nSPS) is 12.8. The lowest BCUT2D eigenvalue weighted by atomic mass is 10.1. The smallest absolute Gasteiger partial charge is 0.306 e. The van der Waals surface area contributed by atoms with E-state index in [1.165, 1.54) is 6.92 Å². The molecule has 0 heterocycles. The summed E-state index contributed by atoms with van der Waals surface area (Å²) in [5, 5.41) is 0. The van der Waals surface area contributed by atoms with Gasteiger partial charge in [-0.1, -0.05) is 25.1 Å². The Morgan fingerprint density at radius 2 is 1.95 bits per heavy atom. The van der Waals surface area contributed by atoms with Crippen molar-refractivity contribution in [1.82, 2.24) is 4.90 Å². The second-order valence-electron chi connectivity index (χ2n) is 4.80. The number of hydrogen-bond acceptors (Lipinski definition) is 4. The van der Waals surface area contributed by atoms with E-state index in [1.54, 1.807) is 29.2 Å². The van der Waals surface area contributed by atoms with Crippen LogP contribution in [-0.2, 0) is 21.5 Å². The Bertz CT molecular complexity index is 568. The van der Waals surface area contributed by atoms with Gasteiger partial charge in [-0.3, -0.25) is 4.79 Å². The maximum Gasteiger partial charge on any atom is 0.306 e. The molecule has 0 aliphatic heterocycles. The van der Waals surface area contributed by atoms with Crippen LogP contribution < -0.4 is 4.18 Å². The van der Waals surface area contributed by atoms with Crippen molar-refractivity contribution in [1.29, 1.82) is 0 Å². The zero-order chi connectivity index (χ0) is 15.3. The first-order chi connectivity index (χ1) is 9.24. The molecule has 0 spiro atoms. The van der Waals surface area contributed by atoms with E-state index in [-0.39, 0.29) is 17.7 Å². The molecule has 0 fully saturated rings. The summed E-state index contributed by atoms with van der Waals surface area (Å²) < 4.78 is 27.5. The van der Waals surface area contributed by atoms with E-state index in [0.717, 1.165) is 12.7 Å². The van der Waals surface area contributed by atoms with Crippen LogP contribution in [0.25, 0.3) is 0 Å². The molecule has 6 heteroatoms. The maximum absolute atomic E-state index is 11.7. The lowest BCUT2D eigenvalue weighted by Crippen LogP contribution is -2.36. The highest BCUT2D eigenvalue weighted by Crippen LogP contribution is 2.22. The standard InChI is InChI=1S/C14H21NO4S/c1-5-11(2)15(12(3)16)10-13-8-6-7-9-14(13)19-20(4,17)18/h6-9,11H,5,10H2,1-4H3/t11-/m0/s1. The highest BCUT2D eigenvalue weighted by Gasteiger charge is 2.18. The number of carbonyl (C=O) groups excluding carboxylic acids is 1. The third-order valence-corrected chi connectivity index (χ3v) is 3.56. The highest BCUT2D eigenvalue weighted by atomic mass is 32.2. The number of carbonyl (C=O) groups is 1. The fraction of sp³-hybridized carbons (Fsp3) is 0.500. The number of rotatable bonds is 6. The van der Waals surface area contributed by atoms with Gasteiger partial charge in [0.15, 0.2) is 0 Å². The molecule has 1 amide bonds. The Kier molecular flexibility index (Phi) is 5.56. The quantitative estimate of drug-likeness (QED) is 0.755. The molecule has 0 aliphatic carbocycles. The third kappa shape index (κ3) is 4.85. The van der Waals surface area contributed by atoms with Gasteiger partial charge in [0.1, 0.15) is 5.75 Å². The van der Waals surface area contributed by atoms with Crippen molar-refractivity contribution in [2.75, 3.05) is 6.26 Å². The minimum absolute atomic E-state index is 0.0477. The SMILES string of the molecule is CC[C@H](C)N(Cc1ccccc1OS(C)(=O)=O)C(C)=O. The zero-order valence-corrected chi connectivity index (χ0v) is 13.1. The van der Waals surface area contributed by atoms with E-state index in [2.05, 4.69) is 0 Å². The van der Waals surface area contributed by atoms with Gasteiger partial charge >= 0.3 is 10.1 Å². The molecule has 112 valence electrons. The lowest BCUT2D eigenvalue weighted by molar-refractivity contribution is -0.131. The van der Waals surface area contributed by atoms with Crippen LogP contribution in [0.1, 0.15) is 32.8 Å². The summed E-state index contributed by atoms with van der Waals surface area (Å²) >= 11 is 0. The molecular formula is C14H21NO4S. The van der Waals surface area contributed by atoms with Crippen molar-refractivity contribution < 1.29 is 17.4 Å². The second kappa shape index (κ2) is 6.74. The lowest BCUT2D eigenvalue weighted by Gasteiger charge is -2.28. The van der Waals surface area contributed by atoms with Crippen LogP contribution >= 0.6 is 0 Å². The molecule has 1 atom stereocenters. The van der Waals surface area contributed by atoms with Crippen molar-refractivity contribution in [3.8, 4) is 5.75 Å². The van der Waals surface area contributed by atoms with Gasteiger partial charge < -0.3 is 9.08 Å². The van der Waals surface area contributed by atoms with Crippen molar-refractivity contribution in [2.45, 2.75) is 39.8 Å². The summed E-state index contributed by atoms with van der Waals surface area (Å²) in [5.41, 5.74) is 0.674. The van der Waals surface area contributed by atoms with Crippen molar-refractivity contribution in [3.63, 3.8) is 0 Å². The molecule has 1 rings (SSSR count). The molecule has 1 aromatic rings. The number of benzene rings is 1. The first-order valence-corrected chi connectivity index (χ1v) is 8.30. The fourth-order valence-corrected chi connectivity index (χ4v) is 2.35. The fourth-order valence-electron chi connectivity index (χ4n) is 1.86. The molecule has 0 saturated heterocycles. The highest BCUT2D eigenvalue weighted by molar-refractivity contribution is 7.86. The van der Waals surface area contributed by atoms with Crippen LogP contribution in [0.3, 0.4) is 0 Å². The average Bonchev–Trinajstić information content (AvgIpc) is 2.34. The molecule has 0 aromatic heterocycles. The first-order valence-electron chi connectivity index (χ1n) is 6.49. The average molecular weight is 299 g/mol. The molecular weight excluding hydrogens is 278 g/mol. The Morgan fingerprint density at radius 3 is 2.45 bits per heavy atom. The van der Waals surface area contributed by atoms with Crippen LogP contribution in [0.5, 0.6) is 5.75 Å². The van der Waals surface area contributed by atoms with Crippen LogP contribution in [0.4, 0.5) is 0 Å². The molecule has 20 heavy (non-hydrogen) atoms. The predicted octanol–water partition coefficient (Wildman–Crippen LogP) is 2.17. The predicted molar refractivity (Wildman–Crippen MR) is 77.9 cm³/mol. The summed E-state index contributed by atoms with van der Waals surface area (Å²) in [5.74, 6) is 0.220. The molecule has 0 saturated carbocycles. The van der Waals surface area contributed by atoms with E-state index in [9.17, 15) is 13.2 Å². The van der Waals surface area contributed by atoms with E-state index >= 15 is 0 Å². The summed E-state index contributed by atoms with van der Waals surface area (Å²) in [6.07, 6.45) is 1.83. The number of amides is 1. The first kappa shape index (κ1) is 16.5. The molecule has 5 nitrogen and oxygen atoms in total. The van der Waals surface area contributed by atoms with Gasteiger partial charge in [0, 0.05) is 25.1 Å². The van der Waals surface area contributed by atoms with E-state index < -0.39 is 10.1 Å². The van der Waals surface area contributed by atoms with Gasteiger partial charge in [-0.2, -0.15) is 8.42 Å². The third-order valence-electron chi connectivity index (χ3n) is 3.08. The maximum atomic E-state index is 11.7. The van der Waals surface area contributed by atoms with Gasteiger partial charge in [0.25, 0.3) is 0 Å². The Morgan fingerprint density at radius 1 is 1.35 bits per heavy atom. The van der Waals surface area contributed by atoms with E-state index in [1.807, 2.05) is 13.8 Å². The summed E-state index contributed by atoms with van der Waals surface area (Å²) in [4.78, 5) is 13.4. The van der Waals surface area contributed by atoms with E-state index in [0.29, 0.717) is 12.1 Å². The molecule has 0 N–H and O–H groups in total. The minimum Gasteiger partial charge on any atom is -0.382 e. The Labute approximate surface area is 120 Å². The Hall–Kier alpha value is -1.56. The number of para-hydroxylation sites is 1. The number of hydrogen-bond donors (Lipinski definition) is 0. The molecule has 0 bridgehead atoms. The monoisotopic (exact) mass is 299 g/mol. The van der Waals surface area contributed by atoms with Gasteiger partial charge in [-0.05, 0) is 19.4 Å². The summed E-state index contributed by atoms with van der Waals surface area (Å²) in [6, 6.07) is 6.92. The molecule has 0 unspecified atom stereocenters. The van der Waals surface area contributed by atoms with Crippen molar-refractivity contribution in [2.24, 2.45) is 0 Å². The van der Waals surface area contributed by atoms with Crippen molar-refractivity contribution >= 4 is 16.0 Å². The van der Waals surface area contributed by atoms with E-state index in [4.69, 9.17) is 4.18 Å². The largest absolute Gasteiger partial charge is 0.382 e. The summed E-state index contributed by atoms with van der Waals surface area (Å²) in [6.45, 7) is 5.79. The van der Waals surface area contributed by atoms with Crippen molar-refractivity contribution in [3.05, 3.63) is 29.8 Å². The van der Waals surface area contributed by atoms with Crippen LogP contribution in [0.15, 0.2) is 24.3 Å². The summed E-state index contributed by atoms with van der Waals surface area (Å²) in [7, 11) is -3.58. The van der Waals surface area contributed by atoms with Gasteiger partial charge in [-0.25, -0.2) is 0 Å². The topological polar surface area (TPSA) is 63.7 Å². The Balaban J connectivity index is 3.04. The molecule has 0 aliphatic rings. The number of nitrogens with zero attached hydrogens (tertiary/aromatic N) is 1. The minimum atomic E-state index is -3.58. The van der Waals surface area contributed by atoms with Crippen LogP contribution in [0.2, 0.25) is 0 Å². The van der Waals surface area contributed by atoms with Crippen LogP contribution in [0, 0.1) is 0 Å². The van der Waals surface area contributed by atoms with Gasteiger partial charge in [-0.15, -0.1) is 0 Å². The molecule has 0 radical (unpaired) electrons. The van der Waals surface area contributed by atoms with Crippen LogP contribution in [-0.4, -0.2) is 31.5 Å². The zero-order valence-electron chi connectivity index (χ0n) is 12.3. The molecule has 1 aromatic carbocycles. The van der Waals surface area contributed by atoms with Gasteiger partial charge in [0.05, 0.1) is 6.26 Å². The van der Waals surface area contributed by atoms with Gasteiger partial charge in [0.2, 0.25) is 5.91 Å². The second-order valence-corrected chi connectivity index (χ2v) is 6.37.